The molecule has 1 saturated heterocycles. The molecular weight excluding hydrogens is 359 g/mol. The zero-order valence-corrected chi connectivity index (χ0v) is 15.5. The van der Waals surface area contributed by atoms with E-state index < -0.39 is 0 Å². The number of ether oxygens (including phenoxy) is 1. The first kappa shape index (κ1) is 17.9. The lowest BCUT2D eigenvalue weighted by molar-refractivity contribution is -0.118. The molecule has 1 aliphatic heterocycles. The summed E-state index contributed by atoms with van der Waals surface area (Å²) in [5.74, 6) is 0.282. The summed E-state index contributed by atoms with van der Waals surface area (Å²) in [7, 11) is 0. The molecule has 3 rings (SSSR count). The third kappa shape index (κ3) is 4.59. The molecule has 0 aliphatic carbocycles. The smallest absolute Gasteiger partial charge is 0.262 e. The van der Waals surface area contributed by atoms with Crippen molar-refractivity contribution in [2.75, 3.05) is 29.9 Å². The molecule has 0 spiro atoms. The molecule has 0 aromatic heterocycles. The van der Waals surface area contributed by atoms with E-state index in [1.165, 1.54) is 18.5 Å². The fourth-order valence-corrected chi connectivity index (χ4v) is 3.25. The van der Waals surface area contributed by atoms with Crippen LogP contribution in [0.3, 0.4) is 0 Å². The maximum absolute atomic E-state index is 12.1. The number of amides is 1. The minimum Gasteiger partial charge on any atom is -0.484 e. The quantitative estimate of drug-likeness (QED) is 0.802. The van der Waals surface area contributed by atoms with E-state index in [9.17, 15) is 4.79 Å². The first-order valence-electron chi connectivity index (χ1n) is 8.26. The third-order valence-electron chi connectivity index (χ3n) is 4.19. The molecule has 25 heavy (non-hydrogen) atoms. The van der Waals surface area contributed by atoms with Crippen molar-refractivity contribution in [3.05, 3.63) is 52.0 Å². The number of nitrogens with one attached hydrogen (secondary N) is 1. The van der Waals surface area contributed by atoms with Crippen LogP contribution in [0.4, 0.5) is 11.4 Å². The van der Waals surface area contributed by atoms with E-state index in [2.05, 4.69) is 23.2 Å². The van der Waals surface area contributed by atoms with Crippen molar-refractivity contribution in [2.24, 2.45) is 0 Å². The number of hydrogen-bond acceptors (Lipinski definition) is 3. The predicted octanol–water partition coefficient (Wildman–Crippen LogP) is 4.92. The van der Waals surface area contributed by atoms with Gasteiger partial charge < -0.3 is 15.0 Å². The molecule has 6 heteroatoms. The fourth-order valence-electron chi connectivity index (χ4n) is 2.96. The number of aryl methyl sites for hydroxylation is 1. The van der Waals surface area contributed by atoms with Crippen molar-refractivity contribution in [3.63, 3.8) is 0 Å². The molecule has 0 saturated carbocycles. The summed E-state index contributed by atoms with van der Waals surface area (Å²) in [5, 5.41) is 3.70. The lowest BCUT2D eigenvalue weighted by atomic mass is 10.1. The molecule has 1 aliphatic rings. The Morgan fingerprint density at radius 3 is 2.56 bits per heavy atom. The Labute approximate surface area is 157 Å². The zero-order chi connectivity index (χ0) is 17.8. The second-order valence-corrected chi connectivity index (χ2v) is 6.92. The Balaban J connectivity index is 1.57. The van der Waals surface area contributed by atoms with Gasteiger partial charge in [0.15, 0.2) is 6.61 Å². The number of anilines is 2. The average Bonchev–Trinajstić information content (AvgIpc) is 3.10. The average molecular weight is 379 g/mol. The van der Waals surface area contributed by atoms with Gasteiger partial charge in [0.05, 0.1) is 10.0 Å². The molecule has 1 fully saturated rings. The van der Waals surface area contributed by atoms with Crippen molar-refractivity contribution < 1.29 is 9.53 Å². The van der Waals surface area contributed by atoms with Gasteiger partial charge in [-0.25, -0.2) is 0 Å². The van der Waals surface area contributed by atoms with Gasteiger partial charge in [-0.15, -0.1) is 0 Å². The van der Waals surface area contributed by atoms with Crippen LogP contribution >= 0.6 is 23.2 Å². The maximum atomic E-state index is 12.1. The Bertz CT molecular complexity index is 774. The molecule has 132 valence electrons. The summed E-state index contributed by atoms with van der Waals surface area (Å²) in [4.78, 5) is 14.5. The summed E-state index contributed by atoms with van der Waals surface area (Å²) in [6, 6.07) is 10.9. The van der Waals surface area contributed by atoms with Crippen molar-refractivity contribution >= 4 is 40.5 Å². The Kier molecular flexibility index (Phi) is 5.71. The minimum atomic E-state index is -0.223. The largest absolute Gasteiger partial charge is 0.484 e. The first-order chi connectivity index (χ1) is 12.0. The molecule has 0 unspecified atom stereocenters. The van der Waals surface area contributed by atoms with Crippen LogP contribution in [0.15, 0.2) is 36.4 Å². The molecule has 0 radical (unpaired) electrons. The lowest BCUT2D eigenvalue weighted by Gasteiger charge is -2.20. The highest BCUT2D eigenvalue weighted by Crippen LogP contribution is 2.27. The van der Waals surface area contributed by atoms with Gasteiger partial charge in [-0.3, -0.25) is 4.79 Å². The molecule has 1 amide bonds. The maximum Gasteiger partial charge on any atom is 0.262 e. The van der Waals surface area contributed by atoms with Crippen molar-refractivity contribution in [1.29, 1.82) is 0 Å². The highest BCUT2D eigenvalue weighted by Gasteiger charge is 2.14. The number of halogens is 2. The van der Waals surface area contributed by atoms with Crippen LogP contribution in [0.5, 0.6) is 5.75 Å². The normalized spacial score (nSPS) is 13.8. The number of rotatable bonds is 5. The number of nitrogens with zero attached hydrogens (tertiary/aromatic N) is 1. The van der Waals surface area contributed by atoms with Crippen LogP contribution in [0.1, 0.15) is 18.4 Å². The number of benzene rings is 2. The van der Waals surface area contributed by atoms with Gasteiger partial charge in [0.25, 0.3) is 5.91 Å². The standard InChI is InChI=1S/C19H20Cl2N2O2/c1-13-10-14(4-7-18(13)23-8-2-3-9-23)22-19(24)12-25-15-5-6-16(20)17(21)11-15/h4-7,10-11H,2-3,8-9,12H2,1H3,(H,22,24). The van der Waals surface area contributed by atoms with E-state index in [1.54, 1.807) is 18.2 Å². The molecule has 1 heterocycles. The predicted molar refractivity (Wildman–Crippen MR) is 103 cm³/mol. The number of carbonyl (C=O) groups is 1. The number of hydrogen-bond donors (Lipinski definition) is 1. The van der Waals surface area contributed by atoms with E-state index in [0.29, 0.717) is 15.8 Å². The molecule has 0 atom stereocenters. The number of carbonyl (C=O) groups excluding carboxylic acids is 1. The van der Waals surface area contributed by atoms with Gasteiger partial charge in [0.1, 0.15) is 5.75 Å². The van der Waals surface area contributed by atoms with Gasteiger partial charge in [-0.05, 0) is 55.7 Å². The summed E-state index contributed by atoms with van der Waals surface area (Å²) in [5.41, 5.74) is 3.16. The van der Waals surface area contributed by atoms with Crippen LogP contribution in [0.25, 0.3) is 0 Å². The van der Waals surface area contributed by atoms with Gasteiger partial charge in [0, 0.05) is 30.5 Å². The summed E-state index contributed by atoms with van der Waals surface area (Å²) in [6.45, 7) is 4.18. The second-order valence-electron chi connectivity index (χ2n) is 6.11. The molecular formula is C19H20Cl2N2O2. The van der Waals surface area contributed by atoms with Crippen molar-refractivity contribution in [3.8, 4) is 5.75 Å². The van der Waals surface area contributed by atoms with Gasteiger partial charge >= 0.3 is 0 Å². The second kappa shape index (κ2) is 7.98. The van der Waals surface area contributed by atoms with Crippen LogP contribution in [0, 0.1) is 6.92 Å². The van der Waals surface area contributed by atoms with E-state index in [-0.39, 0.29) is 12.5 Å². The summed E-state index contributed by atoms with van der Waals surface area (Å²) in [6.07, 6.45) is 2.48. The van der Waals surface area contributed by atoms with Crippen LogP contribution in [0.2, 0.25) is 10.0 Å². The molecule has 2 aromatic carbocycles. The Hall–Kier alpha value is -1.91. The lowest BCUT2D eigenvalue weighted by Crippen LogP contribution is -2.21. The Morgan fingerprint density at radius 2 is 1.88 bits per heavy atom. The SMILES string of the molecule is Cc1cc(NC(=O)COc2ccc(Cl)c(Cl)c2)ccc1N1CCCC1. The first-order valence-corrected chi connectivity index (χ1v) is 9.02. The highest BCUT2D eigenvalue weighted by molar-refractivity contribution is 6.42. The van der Waals surface area contributed by atoms with Gasteiger partial charge in [0.2, 0.25) is 0 Å². The fraction of sp³-hybridized carbons (Fsp3) is 0.316. The van der Waals surface area contributed by atoms with Crippen LogP contribution < -0.4 is 15.0 Å². The summed E-state index contributed by atoms with van der Waals surface area (Å²) >= 11 is 11.8. The zero-order valence-electron chi connectivity index (χ0n) is 14.0. The summed E-state index contributed by atoms with van der Waals surface area (Å²) < 4.78 is 5.45. The molecule has 1 N–H and O–H groups in total. The Morgan fingerprint density at radius 1 is 1.12 bits per heavy atom. The molecule has 0 bridgehead atoms. The van der Waals surface area contributed by atoms with Gasteiger partial charge in [-0.1, -0.05) is 23.2 Å². The van der Waals surface area contributed by atoms with E-state index in [0.717, 1.165) is 24.3 Å². The minimum absolute atomic E-state index is 0.0924. The van der Waals surface area contributed by atoms with E-state index >= 15 is 0 Å². The topological polar surface area (TPSA) is 41.6 Å². The van der Waals surface area contributed by atoms with Crippen LogP contribution in [-0.4, -0.2) is 25.6 Å². The molecule has 4 nitrogen and oxygen atoms in total. The highest BCUT2D eigenvalue weighted by atomic mass is 35.5. The monoisotopic (exact) mass is 378 g/mol. The van der Waals surface area contributed by atoms with Crippen molar-refractivity contribution in [2.45, 2.75) is 19.8 Å². The van der Waals surface area contributed by atoms with Crippen LogP contribution in [-0.2, 0) is 4.79 Å². The van der Waals surface area contributed by atoms with E-state index in [1.807, 2.05) is 12.1 Å². The van der Waals surface area contributed by atoms with E-state index in [4.69, 9.17) is 27.9 Å². The van der Waals surface area contributed by atoms with Crippen molar-refractivity contribution in [1.82, 2.24) is 0 Å². The molecule has 2 aromatic rings. The van der Waals surface area contributed by atoms with Gasteiger partial charge in [-0.2, -0.15) is 0 Å². The third-order valence-corrected chi connectivity index (χ3v) is 4.93.